The van der Waals surface area contributed by atoms with Gasteiger partial charge in [-0.1, -0.05) is 13.8 Å². The van der Waals surface area contributed by atoms with Gasteiger partial charge in [-0.3, -0.25) is 4.79 Å². The molecule has 2 N–H and O–H groups in total. The van der Waals surface area contributed by atoms with E-state index in [2.05, 4.69) is 37.1 Å². The summed E-state index contributed by atoms with van der Waals surface area (Å²) >= 11 is 0. The number of hydrogen-bond acceptors (Lipinski definition) is 8. The monoisotopic (exact) mass is 781 g/mol. The molecule has 8 rings (SSSR count). The number of rotatable bonds is 8. The maximum Gasteiger partial charge on any atom is 0.434 e. The van der Waals surface area contributed by atoms with Crippen LogP contribution in [0.1, 0.15) is 93.7 Å². The van der Waals surface area contributed by atoms with Crippen LogP contribution in [0, 0.1) is 23.7 Å². The molecule has 3 saturated carbocycles. The Kier molecular flexibility index (Phi) is 9.67. The Morgan fingerprint density at radius 2 is 1.77 bits per heavy atom. The van der Waals surface area contributed by atoms with E-state index in [0.29, 0.717) is 55.0 Å². The fraction of sp³-hybridized carbons (Fsp3) is 0.550. The Bertz CT molecular complexity index is 2120. The van der Waals surface area contributed by atoms with Crippen LogP contribution in [0.5, 0.6) is 5.75 Å². The van der Waals surface area contributed by atoms with Crippen LogP contribution in [0.25, 0.3) is 22.3 Å². The molecule has 0 radical (unpaired) electrons. The molecule has 4 aliphatic rings. The Morgan fingerprint density at radius 3 is 2.46 bits per heavy atom. The summed E-state index contributed by atoms with van der Waals surface area (Å²) in [5.41, 5.74) is -3.26. The number of piperidine rings is 1. The van der Waals surface area contributed by atoms with Crippen molar-refractivity contribution in [2.45, 2.75) is 101 Å². The number of carboxylic acids is 1. The fourth-order valence-electron chi connectivity index (χ4n) is 9.77. The normalized spacial score (nSPS) is 28.0. The molecule has 1 aromatic carbocycles. The van der Waals surface area contributed by atoms with Crippen LogP contribution in [0.4, 0.5) is 27.9 Å². The van der Waals surface area contributed by atoms with Crippen molar-refractivity contribution in [1.82, 2.24) is 29.8 Å². The lowest BCUT2D eigenvalue weighted by atomic mass is 9.78. The van der Waals surface area contributed by atoms with Gasteiger partial charge in [0.15, 0.2) is 11.5 Å². The van der Waals surface area contributed by atoms with Gasteiger partial charge >= 0.3 is 12.1 Å². The standard InChI is InChI=1S/C40H44F5N7O4/c1-22-14-24-16-25(15-22)39(18-24,36(54)55)50-35(53)29-19-48-34(49-33(29)40(43,44)45)30-21-52(26-6-9-38(41,42)10-7-26)31-17-27(4-5-28(30)31)56-32-8-13-51(20-23(32)2)37-46-11-3-12-47-37/h3-5,11-12,17,19,21-26,32H,6-10,13-16,18,20H2,1-2H3,(H,50,53)(H,54,55). The molecule has 6 unspecified atom stereocenters. The minimum Gasteiger partial charge on any atom is -0.490 e. The Hall–Kier alpha value is -4.89. The van der Waals surface area contributed by atoms with E-state index < -0.39 is 46.7 Å². The van der Waals surface area contributed by atoms with E-state index >= 15 is 0 Å². The third-order valence-electron chi connectivity index (χ3n) is 12.4. The van der Waals surface area contributed by atoms with Crippen molar-refractivity contribution >= 4 is 28.7 Å². The summed E-state index contributed by atoms with van der Waals surface area (Å²) in [6, 6.07) is 6.59. The number of nitrogens with one attached hydrogen (secondary N) is 1. The third kappa shape index (κ3) is 7.15. The first-order valence-electron chi connectivity index (χ1n) is 19.3. The number of ether oxygens (including phenoxy) is 1. The highest BCUT2D eigenvalue weighted by atomic mass is 19.4. The number of fused-ring (bicyclic) bond motifs is 3. The molecule has 298 valence electrons. The summed E-state index contributed by atoms with van der Waals surface area (Å²) in [5.74, 6) is -4.45. The number of aromatic nitrogens is 5. The molecular formula is C40H44F5N7O4. The predicted molar refractivity (Wildman–Crippen MR) is 195 cm³/mol. The molecule has 0 spiro atoms. The topological polar surface area (TPSA) is 135 Å². The number of aliphatic carboxylic acids is 1. The number of carboxylic acid groups (broad SMARTS) is 1. The van der Waals surface area contributed by atoms with Crippen molar-refractivity contribution in [2.75, 3.05) is 18.0 Å². The molecule has 56 heavy (non-hydrogen) atoms. The fourth-order valence-corrected chi connectivity index (χ4v) is 9.77. The van der Waals surface area contributed by atoms with Crippen LogP contribution < -0.4 is 15.0 Å². The van der Waals surface area contributed by atoms with Crippen LogP contribution >= 0.6 is 0 Å². The van der Waals surface area contributed by atoms with Gasteiger partial charge in [-0.25, -0.2) is 33.5 Å². The van der Waals surface area contributed by atoms with E-state index in [1.807, 2.05) is 6.92 Å². The first-order chi connectivity index (χ1) is 26.6. The average molecular weight is 782 g/mol. The number of carbonyl (C=O) groups is 2. The number of hydrogen-bond donors (Lipinski definition) is 2. The SMILES string of the molecule is CC1CC2CC(C1)C(NC(=O)c1cnc(-c3cn(C4CCC(F)(F)CC4)c4cc(OC5CCN(c6ncccn6)CC5C)ccc34)nc1C(F)(F)F)(C(=O)O)C2. The zero-order valence-electron chi connectivity index (χ0n) is 31.1. The van der Waals surface area contributed by atoms with Gasteiger partial charge in [-0.05, 0) is 74.5 Å². The van der Waals surface area contributed by atoms with Gasteiger partial charge in [0.25, 0.3) is 5.91 Å². The maximum absolute atomic E-state index is 14.8. The van der Waals surface area contributed by atoms with E-state index in [0.717, 1.165) is 12.6 Å². The van der Waals surface area contributed by atoms with Gasteiger partial charge in [0.2, 0.25) is 11.9 Å². The number of benzene rings is 1. The lowest BCUT2D eigenvalue weighted by Gasteiger charge is -2.36. The summed E-state index contributed by atoms with van der Waals surface area (Å²) < 4.78 is 81.1. The zero-order valence-corrected chi connectivity index (χ0v) is 31.1. The quantitative estimate of drug-likeness (QED) is 0.171. The molecule has 2 bridgehead atoms. The largest absolute Gasteiger partial charge is 0.490 e. The smallest absolute Gasteiger partial charge is 0.434 e. The third-order valence-corrected chi connectivity index (χ3v) is 12.4. The van der Waals surface area contributed by atoms with Crippen LogP contribution in [-0.4, -0.2) is 72.1 Å². The number of amides is 1. The first kappa shape index (κ1) is 38.0. The summed E-state index contributed by atoms with van der Waals surface area (Å²) in [7, 11) is 0. The van der Waals surface area contributed by atoms with Gasteiger partial charge < -0.3 is 24.6 Å². The molecule has 3 aromatic heterocycles. The lowest BCUT2D eigenvalue weighted by molar-refractivity contribution is -0.146. The summed E-state index contributed by atoms with van der Waals surface area (Å²) in [6.07, 6.45) is 2.91. The molecule has 1 aliphatic heterocycles. The average Bonchev–Trinajstić information content (AvgIpc) is 3.66. The number of halogens is 5. The van der Waals surface area contributed by atoms with Crippen LogP contribution in [0.15, 0.2) is 49.1 Å². The van der Waals surface area contributed by atoms with Crippen molar-refractivity contribution in [3.8, 4) is 17.1 Å². The lowest BCUT2D eigenvalue weighted by Crippen LogP contribution is -2.57. The van der Waals surface area contributed by atoms with E-state index in [1.165, 1.54) is 0 Å². The van der Waals surface area contributed by atoms with E-state index in [4.69, 9.17) is 4.74 Å². The zero-order chi connectivity index (χ0) is 39.6. The molecule has 1 saturated heterocycles. The summed E-state index contributed by atoms with van der Waals surface area (Å²) in [6.45, 7) is 5.41. The Balaban J connectivity index is 1.12. The highest BCUT2D eigenvalue weighted by molar-refractivity contribution is 6.00. The van der Waals surface area contributed by atoms with Crippen LogP contribution in [0.3, 0.4) is 0 Å². The van der Waals surface area contributed by atoms with Gasteiger partial charge in [0.05, 0.1) is 11.1 Å². The minimum atomic E-state index is -5.09. The molecule has 4 fully saturated rings. The molecular weight excluding hydrogens is 737 g/mol. The van der Waals surface area contributed by atoms with Gasteiger partial charge in [-0.15, -0.1) is 0 Å². The van der Waals surface area contributed by atoms with E-state index in [9.17, 15) is 36.6 Å². The van der Waals surface area contributed by atoms with E-state index in [1.54, 1.807) is 47.4 Å². The molecule has 11 nitrogen and oxygen atoms in total. The number of anilines is 1. The summed E-state index contributed by atoms with van der Waals surface area (Å²) in [4.78, 5) is 45.3. The Labute approximate surface area is 320 Å². The van der Waals surface area contributed by atoms with Crippen molar-refractivity contribution in [3.05, 3.63) is 60.3 Å². The Morgan fingerprint density at radius 1 is 1.02 bits per heavy atom. The maximum atomic E-state index is 14.8. The van der Waals surface area contributed by atoms with Gasteiger partial charge in [0.1, 0.15) is 17.4 Å². The second-order valence-electron chi connectivity index (χ2n) is 16.4. The minimum absolute atomic E-state index is 0.0469. The highest BCUT2D eigenvalue weighted by Gasteiger charge is 2.56. The van der Waals surface area contributed by atoms with Crippen molar-refractivity contribution < 1.29 is 41.4 Å². The van der Waals surface area contributed by atoms with Gasteiger partial charge in [0, 0.05) is 86.1 Å². The van der Waals surface area contributed by atoms with Crippen molar-refractivity contribution in [1.29, 1.82) is 0 Å². The number of alkyl halides is 5. The van der Waals surface area contributed by atoms with Crippen LogP contribution in [-0.2, 0) is 11.0 Å². The molecule has 3 aliphatic carbocycles. The molecule has 1 amide bonds. The van der Waals surface area contributed by atoms with Crippen LogP contribution in [0.2, 0.25) is 0 Å². The number of nitrogens with zero attached hydrogens (tertiary/aromatic N) is 6. The molecule has 4 heterocycles. The molecule has 6 atom stereocenters. The second-order valence-corrected chi connectivity index (χ2v) is 16.4. The van der Waals surface area contributed by atoms with Crippen molar-refractivity contribution in [3.63, 3.8) is 0 Å². The number of carbonyl (C=O) groups excluding carboxylic acids is 1. The predicted octanol–water partition coefficient (Wildman–Crippen LogP) is 7.96. The first-order valence-corrected chi connectivity index (χ1v) is 19.3. The molecule has 16 heteroatoms. The highest BCUT2D eigenvalue weighted by Crippen LogP contribution is 2.51. The van der Waals surface area contributed by atoms with Crippen molar-refractivity contribution in [2.24, 2.45) is 23.7 Å². The molecule has 4 aromatic rings. The second kappa shape index (κ2) is 14.2. The van der Waals surface area contributed by atoms with Gasteiger partial charge in [-0.2, -0.15) is 13.2 Å². The van der Waals surface area contributed by atoms with E-state index in [-0.39, 0.29) is 73.4 Å². The summed E-state index contributed by atoms with van der Waals surface area (Å²) in [5, 5.41) is 13.3.